The minimum absolute atomic E-state index is 0.164. The van der Waals surface area contributed by atoms with E-state index in [9.17, 15) is 8.42 Å². The fourth-order valence-electron chi connectivity index (χ4n) is 2.74. The number of rotatable bonds is 5. The molecule has 134 valence electrons. The summed E-state index contributed by atoms with van der Waals surface area (Å²) < 4.78 is 41.4. The number of benzene rings is 2. The summed E-state index contributed by atoms with van der Waals surface area (Å²) in [6, 6.07) is 12.2. The molecule has 1 aliphatic rings. The smallest absolute Gasteiger partial charge is 0.297 e. The standard InChI is InChI=1S/C19H22O5S/c1-13-5-8-16(9-6-13)25(20,21)24-14(2)11-15-7-10-17-18(12-15)23-19(3,4)22-17/h5-10,12,14H,11H2,1-4H3. The number of aryl methyl sites for hydroxylation is 1. The molecule has 3 rings (SSSR count). The lowest BCUT2D eigenvalue weighted by atomic mass is 10.1. The molecule has 0 saturated heterocycles. The monoisotopic (exact) mass is 362 g/mol. The molecule has 1 aliphatic heterocycles. The highest BCUT2D eigenvalue weighted by Gasteiger charge is 2.31. The Hall–Kier alpha value is -2.05. The molecule has 0 saturated carbocycles. The molecule has 0 N–H and O–H groups in total. The van der Waals surface area contributed by atoms with Crippen LogP contribution in [0.5, 0.6) is 11.5 Å². The van der Waals surface area contributed by atoms with Crippen LogP contribution >= 0.6 is 0 Å². The van der Waals surface area contributed by atoms with E-state index >= 15 is 0 Å². The molecule has 2 aromatic rings. The Labute approximate surface area is 148 Å². The fourth-order valence-corrected chi connectivity index (χ4v) is 3.82. The van der Waals surface area contributed by atoms with Gasteiger partial charge in [-0.2, -0.15) is 8.42 Å². The summed E-state index contributed by atoms with van der Waals surface area (Å²) in [5.41, 5.74) is 1.92. The Morgan fingerprint density at radius 2 is 1.68 bits per heavy atom. The van der Waals surface area contributed by atoms with Crippen molar-refractivity contribution in [2.45, 2.75) is 50.9 Å². The molecule has 25 heavy (non-hydrogen) atoms. The minimum Gasteiger partial charge on any atom is -0.449 e. The molecule has 1 atom stereocenters. The lowest BCUT2D eigenvalue weighted by molar-refractivity contribution is -0.0431. The number of hydrogen-bond acceptors (Lipinski definition) is 5. The predicted octanol–water partition coefficient (Wildman–Crippen LogP) is 3.84. The fraction of sp³-hybridized carbons (Fsp3) is 0.368. The molecule has 0 bridgehead atoms. The van der Waals surface area contributed by atoms with Gasteiger partial charge in [-0.3, -0.25) is 4.18 Å². The third-order valence-electron chi connectivity index (χ3n) is 3.84. The lowest BCUT2D eigenvalue weighted by Crippen LogP contribution is -2.29. The zero-order chi connectivity index (χ0) is 18.2. The highest BCUT2D eigenvalue weighted by Crippen LogP contribution is 2.39. The van der Waals surface area contributed by atoms with Crippen LogP contribution in [-0.2, 0) is 20.7 Å². The zero-order valence-corrected chi connectivity index (χ0v) is 15.6. The summed E-state index contributed by atoms with van der Waals surface area (Å²) in [6.45, 7) is 7.32. The van der Waals surface area contributed by atoms with Crippen LogP contribution in [0.1, 0.15) is 31.9 Å². The van der Waals surface area contributed by atoms with E-state index in [2.05, 4.69) is 0 Å². The minimum atomic E-state index is -3.78. The second-order valence-electron chi connectivity index (χ2n) is 6.76. The second-order valence-corrected chi connectivity index (χ2v) is 8.34. The van der Waals surface area contributed by atoms with Gasteiger partial charge in [0.25, 0.3) is 10.1 Å². The van der Waals surface area contributed by atoms with Crippen molar-refractivity contribution in [3.05, 3.63) is 53.6 Å². The van der Waals surface area contributed by atoms with E-state index in [4.69, 9.17) is 13.7 Å². The Morgan fingerprint density at radius 3 is 2.36 bits per heavy atom. The van der Waals surface area contributed by atoms with Crippen molar-refractivity contribution < 1.29 is 22.1 Å². The molecule has 5 nitrogen and oxygen atoms in total. The summed E-state index contributed by atoms with van der Waals surface area (Å²) in [5.74, 6) is 0.670. The van der Waals surface area contributed by atoms with Gasteiger partial charge in [0.2, 0.25) is 5.79 Å². The summed E-state index contributed by atoms with van der Waals surface area (Å²) in [4.78, 5) is 0.164. The summed E-state index contributed by atoms with van der Waals surface area (Å²) in [6.07, 6.45) is -0.0537. The van der Waals surface area contributed by atoms with Crippen LogP contribution in [0.3, 0.4) is 0 Å². The van der Waals surface area contributed by atoms with Gasteiger partial charge in [-0.15, -0.1) is 0 Å². The molecule has 0 aromatic heterocycles. The molecular weight excluding hydrogens is 340 g/mol. The van der Waals surface area contributed by atoms with Crippen LogP contribution in [0, 0.1) is 6.92 Å². The van der Waals surface area contributed by atoms with Gasteiger partial charge in [0, 0.05) is 13.8 Å². The lowest BCUT2D eigenvalue weighted by Gasteiger charge is -2.16. The number of ether oxygens (including phenoxy) is 2. The average Bonchev–Trinajstić information content (AvgIpc) is 2.80. The van der Waals surface area contributed by atoms with Crippen LogP contribution < -0.4 is 9.47 Å². The van der Waals surface area contributed by atoms with Crippen molar-refractivity contribution in [1.82, 2.24) is 0 Å². The molecule has 0 amide bonds. The third-order valence-corrected chi connectivity index (χ3v) is 5.27. The molecule has 0 spiro atoms. The van der Waals surface area contributed by atoms with Crippen LogP contribution in [0.25, 0.3) is 0 Å². The van der Waals surface area contributed by atoms with Crippen molar-refractivity contribution in [3.8, 4) is 11.5 Å². The molecule has 1 heterocycles. The average molecular weight is 362 g/mol. The first-order valence-corrected chi connectivity index (χ1v) is 9.56. The largest absolute Gasteiger partial charge is 0.449 e. The molecule has 0 aliphatic carbocycles. The van der Waals surface area contributed by atoms with Crippen molar-refractivity contribution in [2.24, 2.45) is 0 Å². The van der Waals surface area contributed by atoms with Crippen LogP contribution in [-0.4, -0.2) is 20.3 Å². The van der Waals surface area contributed by atoms with E-state index in [1.54, 1.807) is 31.2 Å². The first kappa shape index (κ1) is 17.8. The van der Waals surface area contributed by atoms with Gasteiger partial charge in [-0.1, -0.05) is 23.8 Å². The highest BCUT2D eigenvalue weighted by molar-refractivity contribution is 7.86. The van der Waals surface area contributed by atoms with E-state index < -0.39 is 22.0 Å². The van der Waals surface area contributed by atoms with Crippen molar-refractivity contribution in [3.63, 3.8) is 0 Å². The Kier molecular flexibility index (Phi) is 4.51. The van der Waals surface area contributed by atoms with Gasteiger partial charge < -0.3 is 9.47 Å². The first-order valence-electron chi connectivity index (χ1n) is 8.15. The predicted molar refractivity (Wildman–Crippen MR) is 94.4 cm³/mol. The van der Waals surface area contributed by atoms with Gasteiger partial charge in [-0.25, -0.2) is 0 Å². The Balaban J connectivity index is 1.69. The Morgan fingerprint density at radius 1 is 1.04 bits per heavy atom. The highest BCUT2D eigenvalue weighted by atomic mass is 32.2. The third kappa shape index (κ3) is 4.14. The van der Waals surface area contributed by atoms with Crippen LogP contribution in [0.4, 0.5) is 0 Å². The van der Waals surface area contributed by atoms with E-state index in [-0.39, 0.29) is 4.90 Å². The summed E-state index contributed by atoms with van der Waals surface area (Å²) in [7, 11) is -3.78. The van der Waals surface area contributed by atoms with E-state index in [1.807, 2.05) is 39.0 Å². The maximum Gasteiger partial charge on any atom is 0.297 e. The van der Waals surface area contributed by atoms with Crippen LogP contribution in [0.15, 0.2) is 47.4 Å². The molecule has 2 aromatic carbocycles. The van der Waals surface area contributed by atoms with E-state index in [1.165, 1.54) is 0 Å². The number of hydrogen-bond donors (Lipinski definition) is 0. The summed E-state index contributed by atoms with van der Waals surface area (Å²) in [5, 5.41) is 0. The van der Waals surface area contributed by atoms with Crippen molar-refractivity contribution in [1.29, 1.82) is 0 Å². The normalized spacial score (nSPS) is 16.6. The first-order chi connectivity index (χ1) is 11.6. The molecule has 1 unspecified atom stereocenters. The molecular formula is C19H22O5S. The second kappa shape index (κ2) is 6.35. The zero-order valence-electron chi connectivity index (χ0n) is 14.8. The number of fused-ring (bicyclic) bond motifs is 1. The quantitative estimate of drug-likeness (QED) is 0.756. The van der Waals surface area contributed by atoms with Gasteiger partial charge in [0.15, 0.2) is 11.5 Å². The Bertz CT molecular complexity index is 869. The SMILES string of the molecule is Cc1ccc(S(=O)(=O)OC(C)Cc2ccc3c(c2)OC(C)(C)O3)cc1. The maximum atomic E-state index is 12.3. The molecule has 6 heteroatoms. The molecule has 0 radical (unpaired) electrons. The van der Waals surface area contributed by atoms with Gasteiger partial charge >= 0.3 is 0 Å². The van der Waals surface area contributed by atoms with Gasteiger partial charge in [0.1, 0.15) is 0 Å². The molecule has 0 fully saturated rings. The summed E-state index contributed by atoms with van der Waals surface area (Å²) >= 11 is 0. The maximum absolute atomic E-state index is 12.3. The van der Waals surface area contributed by atoms with Crippen LogP contribution in [0.2, 0.25) is 0 Å². The topological polar surface area (TPSA) is 61.8 Å². The van der Waals surface area contributed by atoms with Gasteiger partial charge in [0.05, 0.1) is 11.0 Å². The van der Waals surface area contributed by atoms with Gasteiger partial charge in [-0.05, 0) is 50.1 Å². The van der Waals surface area contributed by atoms with Crippen molar-refractivity contribution in [2.75, 3.05) is 0 Å². The van der Waals surface area contributed by atoms with E-state index in [0.29, 0.717) is 17.9 Å². The van der Waals surface area contributed by atoms with E-state index in [0.717, 1.165) is 11.1 Å². The van der Waals surface area contributed by atoms with Crippen molar-refractivity contribution >= 4 is 10.1 Å².